The van der Waals surface area contributed by atoms with Crippen molar-refractivity contribution in [3.05, 3.63) is 28.2 Å². The van der Waals surface area contributed by atoms with Crippen LogP contribution in [0.15, 0.2) is 27.6 Å². The molecule has 2 rings (SSSR count). The van der Waals surface area contributed by atoms with E-state index in [4.69, 9.17) is 4.74 Å². The molecule has 1 saturated heterocycles. The van der Waals surface area contributed by atoms with Crippen LogP contribution in [-0.4, -0.2) is 39.0 Å². The standard InChI is InChI=1S/C11H11BrF3NO3S/c1-16(5-7-6-19-7)20(17,18)8-2-3-10(12)9(4-8)11(13,14)15/h2-4,7H,5-6H2,1H3/t7-/m0/s1. The van der Waals surface area contributed by atoms with Crippen molar-refractivity contribution < 1.29 is 26.3 Å². The highest BCUT2D eigenvalue weighted by Crippen LogP contribution is 2.36. The third kappa shape index (κ3) is 3.33. The molecule has 4 nitrogen and oxygen atoms in total. The molecule has 0 aliphatic carbocycles. The van der Waals surface area contributed by atoms with Gasteiger partial charge >= 0.3 is 6.18 Å². The number of nitrogens with zero attached hydrogens (tertiary/aromatic N) is 1. The lowest BCUT2D eigenvalue weighted by molar-refractivity contribution is -0.138. The van der Waals surface area contributed by atoms with Gasteiger partial charge in [-0.25, -0.2) is 8.42 Å². The van der Waals surface area contributed by atoms with Crippen molar-refractivity contribution >= 4 is 26.0 Å². The minimum atomic E-state index is -4.62. The zero-order chi connectivity index (χ0) is 15.1. The number of hydrogen-bond acceptors (Lipinski definition) is 3. The molecule has 1 aliphatic rings. The van der Waals surface area contributed by atoms with Crippen molar-refractivity contribution in [1.29, 1.82) is 0 Å². The summed E-state index contributed by atoms with van der Waals surface area (Å²) in [6, 6.07) is 2.85. The molecule has 0 unspecified atom stereocenters. The Morgan fingerprint density at radius 3 is 2.55 bits per heavy atom. The summed E-state index contributed by atoms with van der Waals surface area (Å²) < 4.78 is 68.4. The molecule has 0 spiro atoms. The maximum absolute atomic E-state index is 12.8. The molecule has 0 saturated carbocycles. The molecule has 112 valence electrons. The molecule has 1 fully saturated rings. The van der Waals surface area contributed by atoms with Crippen LogP contribution >= 0.6 is 15.9 Å². The first-order chi connectivity index (χ1) is 9.12. The van der Waals surface area contributed by atoms with Crippen molar-refractivity contribution in [2.45, 2.75) is 17.2 Å². The predicted molar refractivity (Wildman–Crippen MR) is 68.7 cm³/mol. The van der Waals surface area contributed by atoms with Crippen molar-refractivity contribution in [3.63, 3.8) is 0 Å². The van der Waals surface area contributed by atoms with Crippen LogP contribution in [0, 0.1) is 0 Å². The average molecular weight is 374 g/mol. The van der Waals surface area contributed by atoms with Crippen LogP contribution < -0.4 is 0 Å². The van der Waals surface area contributed by atoms with Gasteiger partial charge in [-0.3, -0.25) is 0 Å². The molecule has 20 heavy (non-hydrogen) atoms. The van der Waals surface area contributed by atoms with E-state index in [0.29, 0.717) is 12.7 Å². The second kappa shape index (κ2) is 5.28. The summed E-state index contributed by atoms with van der Waals surface area (Å²) in [5.74, 6) is 0. The monoisotopic (exact) mass is 373 g/mol. The SMILES string of the molecule is CN(C[C@H]1CO1)S(=O)(=O)c1ccc(Br)c(C(F)(F)F)c1. The number of halogens is 4. The molecule has 1 aromatic rings. The fourth-order valence-corrected chi connectivity index (χ4v) is 3.32. The molecule has 1 atom stereocenters. The Morgan fingerprint density at radius 2 is 2.05 bits per heavy atom. The maximum Gasteiger partial charge on any atom is 0.417 e. The average Bonchev–Trinajstić information content (AvgIpc) is 3.11. The minimum Gasteiger partial charge on any atom is -0.372 e. The Balaban J connectivity index is 2.36. The number of rotatable bonds is 4. The van der Waals surface area contributed by atoms with Gasteiger partial charge in [-0.05, 0) is 18.2 Å². The summed E-state index contributed by atoms with van der Waals surface area (Å²) in [6.45, 7) is 0.591. The highest BCUT2D eigenvalue weighted by atomic mass is 79.9. The van der Waals surface area contributed by atoms with Gasteiger partial charge in [-0.15, -0.1) is 0 Å². The molecular formula is C11H11BrF3NO3S. The van der Waals surface area contributed by atoms with E-state index in [-0.39, 0.29) is 17.1 Å². The van der Waals surface area contributed by atoms with E-state index in [0.717, 1.165) is 16.4 Å². The molecular weight excluding hydrogens is 363 g/mol. The Kier molecular flexibility index (Phi) is 4.16. The van der Waals surface area contributed by atoms with Gasteiger partial charge in [-0.1, -0.05) is 15.9 Å². The van der Waals surface area contributed by atoms with E-state index in [1.807, 2.05) is 0 Å². The first kappa shape index (κ1) is 15.7. The predicted octanol–water partition coefficient (Wildman–Crippen LogP) is 2.49. The van der Waals surface area contributed by atoms with Crippen LogP contribution in [0.3, 0.4) is 0 Å². The van der Waals surface area contributed by atoms with Crippen molar-refractivity contribution in [3.8, 4) is 0 Å². The van der Waals surface area contributed by atoms with Gasteiger partial charge in [0.15, 0.2) is 0 Å². The van der Waals surface area contributed by atoms with E-state index in [1.54, 1.807) is 0 Å². The number of hydrogen-bond donors (Lipinski definition) is 0. The largest absolute Gasteiger partial charge is 0.417 e. The van der Waals surface area contributed by atoms with Crippen molar-refractivity contribution in [2.75, 3.05) is 20.2 Å². The normalized spacial score (nSPS) is 19.4. The van der Waals surface area contributed by atoms with E-state index in [1.165, 1.54) is 7.05 Å². The number of ether oxygens (including phenoxy) is 1. The molecule has 0 aromatic heterocycles. The molecule has 0 bridgehead atoms. The molecule has 9 heteroatoms. The van der Waals surface area contributed by atoms with Gasteiger partial charge in [0, 0.05) is 18.1 Å². The third-order valence-electron chi connectivity index (χ3n) is 2.81. The maximum atomic E-state index is 12.8. The van der Waals surface area contributed by atoms with Crippen molar-refractivity contribution in [1.82, 2.24) is 4.31 Å². The first-order valence-electron chi connectivity index (χ1n) is 5.57. The Morgan fingerprint density at radius 1 is 1.45 bits per heavy atom. The molecule has 0 radical (unpaired) electrons. The van der Waals surface area contributed by atoms with Gasteiger partial charge in [-0.2, -0.15) is 17.5 Å². The number of likely N-dealkylation sites (N-methyl/N-ethyl adjacent to an activating group) is 1. The topological polar surface area (TPSA) is 49.9 Å². The summed E-state index contributed by atoms with van der Waals surface area (Å²) in [4.78, 5) is -0.392. The van der Waals surface area contributed by atoms with Crippen LogP contribution in [0.2, 0.25) is 0 Å². The van der Waals surface area contributed by atoms with E-state index >= 15 is 0 Å². The van der Waals surface area contributed by atoms with Crippen LogP contribution in [0.25, 0.3) is 0 Å². The molecule has 0 amide bonds. The summed E-state index contributed by atoms with van der Waals surface area (Å²) in [6.07, 6.45) is -4.80. The fourth-order valence-electron chi connectivity index (χ4n) is 1.62. The van der Waals surface area contributed by atoms with E-state index in [2.05, 4.69) is 15.9 Å². The van der Waals surface area contributed by atoms with E-state index < -0.39 is 26.7 Å². The lowest BCUT2D eigenvalue weighted by Crippen LogP contribution is -2.30. The highest BCUT2D eigenvalue weighted by Gasteiger charge is 2.36. The van der Waals surface area contributed by atoms with Gasteiger partial charge in [0.05, 0.1) is 23.2 Å². The van der Waals surface area contributed by atoms with Gasteiger partial charge in [0.1, 0.15) is 0 Å². The summed E-state index contributed by atoms with van der Waals surface area (Å²) >= 11 is 2.77. The van der Waals surface area contributed by atoms with E-state index in [9.17, 15) is 21.6 Å². The Labute approximate surface area is 122 Å². The summed E-state index contributed by atoms with van der Waals surface area (Å²) in [5.41, 5.74) is -1.02. The van der Waals surface area contributed by atoms with Gasteiger partial charge in [0.25, 0.3) is 0 Å². The second-order valence-electron chi connectivity index (χ2n) is 4.38. The highest BCUT2D eigenvalue weighted by molar-refractivity contribution is 9.10. The zero-order valence-corrected chi connectivity index (χ0v) is 12.7. The number of epoxide rings is 1. The molecule has 1 heterocycles. The van der Waals surface area contributed by atoms with Gasteiger partial charge in [0.2, 0.25) is 10.0 Å². The zero-order valence-electron chi connectivity index (χ0n) is 10.3. The molecule has 1 aromatic carbocycles. The molecule has 0 N–H and O–H groups in total. The fraction of sp³-hybridized carbons (Fsp3) is 0.455. The summed E-state index contributed by atoms with van der Waals surface area (Å²) in [7, 11) is -2.65. The summed E-state index contributed by atoms with van der Waals surface area (Å²) in [5, 5.41) is 0. The minimum absolute atomic E-state index is 0.125. The Hall–Kier alpha value is -0.640. The lowest BCUT2D eigenvalue weighted by Gasteiger charge is -2.17. The van der Waals surface area contributed by atoms with Crippen LogP contribution in [0.5, 0.6) is 0 Å². The smallest absolute Gasteiger partial charge is 0.372 e. The number of sulfonamides is 1. The quantitative estimate of drug-likeness (QED) is 0.761. The number of alkyl halides is 3. The first-order valence-corrected chi connectivity index (χ1v) is 7.80. The second-order valence-corrected chi connectivity index (χ2v) is 7.28. The van der Waals surface area contributed by atoms with Crippen LogP contribution in [-0.2, 0) is 20.9 Å². The third-order valence-corrected chi connectivity index (χ3v) is 5.33. The van der Waals surface area contributed by atoms with Crippen LogP contribution in [0.1, 0.15) is 5.56 Å². The molecule has 1 aliphatic heterocycles. The van der Waals surface area contributed by atoms with Gasteiger partial charge < -0.3 is 4.74 Å². The van der Waals surface area contributed by atoms with Crippen molar-refractivity contribution in [2.24, 2.45) is 0 Å². The van der Waals surface area contributed by atoms with Crippen LogP contribution in [0.4, 0.5) is 13.2 Å². The Bertz CT molecular complexity index is 614. The lowest BCUT2D eigenvalue weighted by atomic mass is 10.2. The number of benzene rings is 1.